The monoisotopic (exact) mass is 663 g/mol. The Labute approximate surface area is 268 Å². The normalized spacial score (nSPS) is 13.4. The smallest absolute Gasteiger partial charge is 0.408 e. The quantitative estimate of drug-likeness (QED) is 0.0858. The van der Waals surface area contributed by atoms with Gasteiger partial charge < -0.3 is 34.1 Å². The number of methoxy groups -OCH3 is 1. The van der Waals surface area contributed by atoms with Gasteiger partial charge >= 0.3 is 13.7 Å². The third kappa shape index (κ3) is 13.0. The van der Waals surface area contributed by atoms with Crippen molar-refractivity contribution in [2.75, 3.05) is 20.5 Å². The predicted molar refractivity (Wildman–Crippen MR) is 172 cm³/mol. The van der Waals surface area contributed by atoms with Crippen LogP contribution in [0, 0.1) is 0 Å². The summed E-state index contributed by atoms with van der Waals surface area (Å²) in [6.45, 7) is 5.40. The second kappa shape index (κ2) is 16.5. The zero-order valence-corrected chi connectivity index (χ0v) is 27.7. The van der Waals surface area contributed by atoms with E-state index in [2.05, 4.69) is 5.32 Å². The van der Waals surface area contributed by atoms with Gasteiger partial charge in [0.05, 0.1) is 12.1 Å². The number of carbonyl (C=O) groups is 1. The summed E-state index contributed by atoms with van der Waals surface area (Å²) >= 11 is 8.24. The summed E-state index contributed by atoms with van der Waals surface area (Å²) in [7, 11) is -3.11. The zero-order valence-electron chi connectivity index (χ0n) is 25.2. The minimum Gasteiger partial charge on any atom is -0.489 e. The highest BCUT2D eigenvalue weighted by Gasteiger charge is 2.33. The Morgan fingerprint density at radius 2 is 1.75 bits per heavy atom. The van der Waals surface area contributed by atoms with Crippen LogP contribution >= 0.6 is 31.0 Å². The second-order valence-electron chi connectivity index (χ2n) is 11.0. The number of amides is 1. The first-order valence-electron chi connectivity index (χ1n) is 13.8. The Morgan fingerprint density at radius 3 is 2.41 bits per heavy atom. The van der Waals surface area contributed by atoms with Gasteiger partial charge in [-0.05, 0) is 81.1 Å². The molecule has 3 aromatic rings. The predicted octanol–water partition coefficient (Wildman–Crippen LogP) is 7.58. The number of carbonyl (C=O) groups excluding carboxylic acids is 1. The molecule has 1 unspecified atom stereocenters. The number of halogens is 1. The molecule has 0 heterocycles. The van der Waals surface area contributed by atoms with E-state index in [9.17, 15) is 19.1 Å². The minimum atomic E-state index is -4.55. The number of aryl methyl sites for hydroxylation is 1. The standard InChI is InChI=1S/C32H39ClNO8PS/c1-31(2,3)42-30(35)34-32(22-40-23-39-4,17-18-43(36,37)38)16-15-25-13-14-28(20-29(25)33)44-27-12-8-11-26(19-27)41-21-24-9-6-5-7-10-24/h5-14,17-20H,15-16,21-23H2,1-4H3,(H,34,35)(H2,36,37,38)/b18-17+. The van der Waals surface area contributed by atoms with Crippen molar-refractivity contribution in [3.63, 3.8) is 0 Å². The Hall–Kier alpha value is -2.82. The Kier molecular flexibility index (Phi) is 13.4. The van der Waals surface area contributed by atoms with E-state index in [1.165, 1.54) is 24.9 Å². The van der Waals surface area contributed by atoms with Gasteiger partial charge in [0.15, 0.2) is 0 Å². The molecule has 3 rings (SSSR count). The topological polar surface area (TPSA) is 124 Å². The number of rotatable bonds is 15. The molecule has 12 heteroatoms. The minimum absolute atomic E-state index is 0.0906. The van der Waals surface area contributed by atoms with Gasteiger partial charge in [-0.2, -0.15) is 0 Å². The first kappa shape index (κ1) is 35.7. The molecule has 0 saturated carbocycles. The summed E-state index contributed by atoms with van der Waals surface area (Å²) in [5, 5.41) is 3.26. The van der Waals surface area contributed by atoms with Crippen LogP contribution in [0.4, 0.5) is 4.79 Å². The van der Waals surface area contributed by atoms with Gasteiger partial charge in [-0.15, -0.1) is 0 Å². The van der Waals surface area contributed by atoms with Gasteiger partial charge in [-0.1, -0.05) is 65.8 Å². The molecular formula is C32H39ClNO8PS. The number of nitrogens with one attached hydrogen (secondary N) is 1. The maximum Gasteiger partial charge on any atom is 0.408 e. The molecule has 0 bridgehead atoms. The van der Waals surface area contributed by atoms with Crippen molar-refractivity contribution in [2.24, 2.45) is 0 Å². The van der Waals surface area contributed by atoms with E-state index in [1.54, 1.807) is 20.8 Å². The Morgan fingerprint density at radius 1 is 1.02 bits per heavy atom. The van der Waals surface area contributed by atoms with Crippen LogP contribution in [0.15, 0.2) is 94.5 Å². The summed E-state index contributed by atoms with van der Waals surface area (Å²) < 4.78 is 33.6. The molecular weight excluding hydrogens is 625 g/mol. The molecule has 3 N–H and O–H groups in total. The lowest BCUT2D eigenvalue weighted by Crippen LogP contribution is -2.52. The number of hydrogen-bond acceptors (Lipinski definition) is 7. The number of alkyl carbamates (subject to hydrolysis) is 1. The molecule has 0 aliphatic carbocycles. The van der Waals surface area contributed by atoms with Crippen molar-refractivity contribution in [3.8, 4) is 5.75 Å². The van der Waals surface area contributed by atoms with Gasteiger partial charge in [0.25, 0.3) is 0 Å². The molecule has 0 aliphatic heterocycles. The number of ether oxygens (including phenoxy) is 4. The van der Waals surface area contributed by atoms with Crippen LogP contribution in [0.2, 0.25) is 5.02 Å². The van der Waals surface area contributed by atoms with E-state index in [-0.39, 0.29) is 19.8 Å². The van der Waals surface area contributed by atoms with Crippen LogP contribution in [0.5, 0.6) is 5.75 Å². The molecule has 1 amide bonds. The van der Waals surface area contributed by atoms with Gasteiger partial charge in [0.1, 0.15) is 24.8 Å². The molecule has 9 nitrogen and oxygen atoms in total. The largest absolute Gasteiger partial charge is 0.489 e. The summed E-state index contributed by atoms with van der Waals surface area (Å²) in [6.07, 6.45) is 1.03. The van der Waals surface area contributed by atoms with E-state index >= 15 is 0 Å². The molecule has 3 aromatic carbocycles. The van der Waals surface area contributed by atoms with Gasteiger partial charge in [-0.3, -0.25) is 4.57 Å². The van der Waals surface area contributed by atoms with Crippen LogP contribution in [-0.4, -0.2) is 47.5 Å². The molecule has 238 valence electrons. The average molecular weight is 664 g/mol. The summed E-state index contributed by atoms with van der Waals surface area (Å²) in [6, 6.07) is 23.5. The lowest BCUT2D eigenvalue weighted by molar-refractivity contribution is -0.0490. The summed E-state index contributed by atoms with van der Waals surface area (Å²) in [5.74, 6) is 1.51. The highest BCUT2D eigenvalue weighted by molar-refractivity contribution is 7.99. The Balaban J connectivity index is 1.75. The van der Waals surface area contributed by atoms with Crippen molar-refractivity contribution in [2.45, 2.75) is 61.2 Å². The third-order valence-corrected chi connectivity index (χ3v) is 7.92. The maximum absolute atomic E-state index is 12.8. The van der Waals surface area contributed by atoms with Crippen molar-refractivity contribution in [1.82, 2.24) is 5.32 Å². The summed E-state index contributed by atoms with van der Waals surface area (Å²) in [5.41, 5.74) is -0.261. The Bertz CT molecular complexity index is 1440. The van der Waals surface area contributed by atoms with Crippen LogP contribution in [-0.2, 0) is 31.8 Å². The van der Waals surface area contributed by atoms with Crippen LogP contribution in [0.3, 0.4) is 0 Å². The van der Waals surface area contributed by atoms with E-state index in [4.69, 9.17) is 30.5 Å². The molecule has 0 saturated heterocycles. The van der Waals surface area contributed by atoms with Crippen molar-refractivity contribution in [1.29, 1.82) is 0 Å². The van der Waals surface area contributed by atoms with Crippen LogP contribution in [0.25, 0.3) is 0 Å². The molecule has 0 fully saturated rings. The molecule has 44 heavy (non-hydrogen) atoms. The van der Waals surface area contributed by atoms with Crippen LogP contribution < -0.4 is 10.1 Å². The third-order valence-electron chi connectivity index (χ3n) is 6.05. The maximum atomic E-state index is 12.8. The molecule has 0 aliphatic rings. The van der Waals surface area contributed by atoms with E-state index < -0.39 is 24.8 Å². The molecule has 0 spiro atoms. The lowest BCUT2D eigenvalue weighted by Gasteiger charge is -2.33. The first-order chi connectivity index (χ1) is 20.8. The summed E-state index contributed by atoms with van der Waals surface area (Å²) in [4.78, 5) is 33.8. The van der Waals surface area contributed by atoms with Crippen molar-refractivity contribution >= 4 is 37.1 Å². The molecule has 0 radical (unpaired) electrons. The van der Waals surface area contributed by atoms with E-state index in [0.717, 1.165) is 32.5 Å². The average Bonchev–Trinajstić information content (AvgIpc) is 2.94. The fraction of sp³-hybridized carbons (Fsp3) is 0.344. The van der Waals surface area contributed by atoms with E-state index in [1.807, 2.05) is 72.8 Å². The number of hydrogen-bond donors (Lipinski definition) is 3. The van der Waals surface area contributed by atoms with E-state index in [0.29, 0.717) is 18.1 Å². The number of benzene rings is 3. The van der Waals surface area contributed by atoms with Gasteiger partial charge in [0, 0.05) is 27.7 Å². The van der Waals surface area contributed by atoms with Crippen LogP contribution in [0.1, 0.15) is 38.3 Å². The highest BCUT2D eigenvalue weighted by atomic mass is 35.5. The SMILES string of the molecule is COCOCC(/C=C/P(=O)(O)O)(CCc1ccc(Sc2cccc(OCc3ccccc3)c2)cc1Cl)NC(=O)OC(C)(C)C. The van der Waals surface area contributed by atoms with Gasteiger partial charge in [0.2, 0.25) is 0 Å². The second-order valence-corrected chi connectivity index (χ2v) is 14.1. The first-order valence-corrected chi connectivity index (χ1v) is 16.7. The lowest BCUT2D eigenvalue weighted by atomic mass is 9.92. The van der Waals surface area contributed by atoms with Crippen molar-refractivity contribution < 1.29 is 38.1 Å². The van der Waals surface area contributed by atoms with Crippen molar-refractivity contribution in [3.05, 3.63) is 101 Å². The van der Waals surface area contributed by atoms with Gasteiger partial charge in [-0.25, -0.2) is 4.79 Å². The molecule has 1 atom stereocenters. The fourth-order valence-corrected chi connectivity index (χ4v) is 5.78. The zero-order chi connectivity index (χ0) is 32.2. The highest BCUT2D eigenvalue weighted by Crippen LogP contribution is 2.38. The molecule has 0 aromatic heterocycles. The fourth-order valence-electron chi connectivity index (χ4n) is 4.05.